The van der Waals surface area contributed by atoms with Crippen molar-refractivity contribution in [2.75, 3.05) is 0 Å². The standard InChI is InChI=1S/C10H4BrF9O/c11-5-1-4(2-6(3-5)21-7(12)13)8(14,9(15,16)17)10(18,19)20/h1-3,7H. The molecular formula is C10H4BrF9O. The molecule has 21 heavy (non-hydrogen) atoms. The van der Waals surface area contributed by atoms with E-state index in [1.165, 1.54) is 0 Å². The molecule has 0 atom stereocenters. The van der Waals surface area contributed by atoms with Crippen LogP contribution in [0, 0.1) is 0 Å². The van der Waals surface area contributed by atoms with Crippen LogP contribution in [0.3, 0.4) is 0 Å². The second-order valence-electron chi connectivity index (χ2n) is 3.71. The van der Waals surface area contributed by atoms with Crippen LogP contribution in [0.2, 0.25) is 0 Å². The Balaban J connectivity index is 3.50. The van der Waals surface area contributed by atoms with Gasteiger partial charge in [-0.2, -0.15) is 35.1 Å². The van der Waals surface area contributed by atoms with E-state index in [0.29, 0.717) is 6.07 Å². The highest BCUT2D eigenvalue weighted by atomic mass is 79.9. The van der Waals surface area contributed by atoms with Gasteiger partial charge >= 0.3 is 24.6 Å². The zero-order chi connectivity index (χ0) is 16.6. The fourth-order valence-electron chi connectivity index (χ4n) is 1.42. The minimum absolute atomic E-state index is 0.0854. The molecule has 1 nitrogen and oxygen atoms in total. The van der Waals surface area contributed by atoms with E-state index in [9.17, 15) is 39.5 Å². The first-order valence-electron chi connectivity index (χ1n) is 4.87. The smallest absolute Gasteiger partial charge is 0.435 e. The van der Waals surface area contributed by atoms with Gasteiger partial charge in [0.2, 0.25) is 0 Å². The predicted molar refractivity (Wildman–Crippen MR) is 55.7 cm³/mol. The lowest BCUT2D eigenvalue weighted by atomic mass is 9.94. The Morgan fingerprint density at radius 2 is 1.33 bits per heavy atom. The minimum atomic E-state index is -6.34. The van der Waals surface area contributed by atoms with Crippen LogP contribution in [0.15, 0.2) is 22.7 Å². The summed E-state index contributed by atoms with van der Waals surface area (Å²) in [4.78, 5) is 0. The number of halogens is 10. The third kappa shape index (κ3) is 3.55. The zero-order valence-electron chi connectivity index (χ0n) is 9.50. The van der Waals surface area contributed by atoms with Crippen LogP contribution < -0.4 is 4.74 Å². The van der Waals surface area contributed by atoms with Crippen LogP contribution in [0.4, 0.5) is 39.5 Å². The van der Waals surface area contributed by atoms with E-state index in [-0.39, 0.29) is 12.1 Å². The van der Waals surface area contributed by atoms with Gasteiger partial charge in [0, 0.05) is 10.0 Å². The number of benzene rings is 1. The zero-order valence-corrected chi connectivity index (χ0v) is 11.1. The van der Waals surface area contributed by atoms with Gasteiger partial charge in [-0.3, -0.25) is 0 Å². The maximum atomic E-state index is 13.7. The van der Waals surface area contributed by atoms with E-state index in [2.05, 4.69) is 20.7 Å². The molecule has 11 heteroatoms. The van der Waals surface area contributed by atoms with Gasteiger partial charge in [-0.05, 0) is 18.2 Å². The van der Waals surface area contributed by atoms with E-state index < -0.39 is 40.4 Å². The molecule has 0 aliphatic heterocycles. The Kier molecular flexibility index (Phi) is 4.76. The van der Waals surface area contributed by atoms with Gasteiger partial charge < -0.3 is 4.74 Å². The maximum absolute atomic E-state index is 13.7. The van der Waals surface area contributed by atoms with E-state index >= 15 is 0 Å². The van der Waals surface area contributed by atoms with E-state index in [0.717, 1.165) is 0 Å². The van der Waals surface area contributed by atoms with Crippen molar-refractivity contribution in [1.29, 1.82) is 0 Å². The van der Waals surface area contributed by atoms with Gasteiger partial charge in [-0.15, -0.1) is 0 Å². The van der Waals surface area contributed by atoms with Crippen molar-refractivity contribution in [2.24, 2.45) is 0 Å². The van der Waals surface area contributed by atoms with Gasteiger partial charge in [0.25, 0.3) is 0 Å². The van der Waals surface area contributed by atoms with Crippen LogP contribution >= 0.6 is 15.9 Å². The van der Waals surface area contributed by atoms with Crippen LogP contribution in [-0.2, 0) is 5.67 Å². The largest absolute Gasteiger partial charge is 0.435 e. The van der Waals surface area contributed by atoms with Crippen molar-refractivity contribution in [3.8, 4) is 5.75 Å². The van der Waals surface area contributed by atoms with Gasteiger partial charge in [0.1, 0.15) is 5.75 Å². The third-order valence-electron chi connectivity index (χ3n) is 2.28. The first kappa shape index (κ1) is 17.9. The molecule has 0 heterocycles. The molecule has 0 saturated carbocycles. The lowest BCUT2D eigenvalue weighted by Crippen LogP contribution is -2.50. The molecule has 1 aromatic carbocycles. The van der Waals surface area contributed by atoms with Gasteiger partial charge in [-0.1, -0.05) is 15.9 Å². The average Bonchev–Trinajstić information content (AvgIpc) is 2.22. The molecule has 0 radical (unpaired) electrons. The second-order valence-corrected chi connectivity index (χ2v) is 4.62. The summed E-state index contributed by atoms with van der Waals surface area (Å²) in [7, 11) is 0. The molecule has 0 saturated heterocycles. The number of rotatable bonds is 3. The summed E-state index contributed by atoms with van der Waals surface area (Å²) in [6.07, 6.45) is -12.7. The first-order chi connectivity index (χ1) is 9.29. The lowest BCUT2D eigenvalue weighted by molar-refractivity contribution is -0.348. The summed E-state index contributed by atoms with van der Waals surface area (Å²) in [5.74, 6) is -1.05. The van der Waals surface area contributed by atoms with E-state index in [4.69, 9.17) is 0 Å². The van der Waals surface area contributed by atoms with Crippen molar-refractivity contribution < 1.29 is 44.3 Å². The maximum Gasteiger partial charge on any atom is 0.435 e. The van der Waals surface area contributed by atoms with Crippen molar-refractivity contribution in [1.82, 2.24) is 0 Å². The third-order valence-corrected chi connectivity index (χ3v) is 2.73. The molecular weight excluding hydrogens is 387 g/mol. The predicted octanol–water partition coefficient (Wildman–Crippen LogP) is 5.34. The molecule has 0 N–H and O–H groups in total. The molecule has 0 aromatic heterocycles. The van der Waals surface area contributed by atoms with Crippen LogP contribution in [0.25, 0.3) is 0 Å². The quantitative estimate of drug-likeness (QED) is 0.633. The fourth-order valence-corrected chi connectivity index (χ4v) is 1.89. The molecule has 1 rings (SSSR count). The molecule has 0 spiro atoms. The lowest BCUT2D eigenvalue weighted by Gasteiger charge is -2.30. The number of hydrogen-bond donors (Lipinski definition) is 0. The van der Waals surface area contributed by atoms with Crippen LogP contribution in [-0.4, -0.2) is 19.0 Å². The van der Waals surface area contributed by atoms with E-state index in [1.54, 1.807) is 0 Å². The SMILES string of the molecule is FC(F)Oc1cc(Br)cc(C(F)(C(F)(F)F)C(F)(F)F)c1. The molecule has 1 aromatic rings. The van der Waals surface area contributed by atoms with Crippen molar-refractivity contribution in [3.05, 3.63) is 28.2 Å². The Morgan fingerprint density at radius 1 is 0.857 bits per heavy atom. The number of hydrogen-bond acceptors (Lipinski definition) is 1. The molecule has 0 amide bonds. The van der Waals surface area contributed by atoms with Crippen molar-refractivity contribution >= 4 is 15.9 Å². The molecule has 0 bridgehead atoms. The highest BCUT2D eigenvalue weighted by molar-refractivity contribution is 9.10. The topological polar surface area (TPSA) is 9.23 Å². The highest BCUT2D eigenvalue weighted by Crippen LogP contribution is 2.54. The molecule has 120 valence electrons. The summed E-state index contributed by atoms with van der Waals surface area (Å²) in [6, 6.07) is 0.764. The molecule has 0 fully saturated rings. The monoisotopic (exact) mass is 390 g/mol. The number of alkyl halides is 9. The normalized spacial score (nSPS) is 13.7. The van der Waals surface area contributed by atoms with Crippen molar-refractivity contribution in [3.63, 3.8) is 0 Å². The second kappa shape index (κ2) is 5.58. The summed E-state index contributed by atoms with van der Waals surface area (Å²) in [6.45, 7) is -3.50. The summed E-state index contributed by atoms with van der Waals surface area (Å²) >= 11 is 2.50. The molecule has 0 aliphatic rings. The number of ether oxygens (including phenoxy) is 1. The summed E-state index contributed by atoms with van der Waals surface area (Å²) in [5, 5.41) is 0. The molecule has 0 unspecified atom stereocenters. The highest BCUT2D eigenvalue weighted by Gasteiger charge is 2.73. The molecule has 0 aliphatic carbocycles. The minimum Gasteiger partial charge on any atom is -0.435 e. The fraction of sp³-hybridized carbons (Fsp3) is 0.400. The summed E-state index contributed by atoms with van der Waals surface area (Å²) < 4.78 is 116. The first-order valence-corrected chi connectivity index (χ1v) is 5.66. The van der Waals surface area contributed by atoms with Crippen LogP contribution in [0.1, 0.15) is 5.56 Å². The average molecular weight is 391 g/mol. The van der Waals surface area contributed by atoms with Crippen molar-refractivity contribution in [2.45, 2.75) is 24.6 Å². The van der Waals surface area contributed by atoms with Gasteiger partial charge in [-0.25, -0.2) is 4.39 Å². The Morgan fingerprint density at radius 3 is 1.71 bits per heavy atom. The Hall–Kier alpha value is -1.13. The van der Waals surface area contributed by atoms with Gasteiger partial charge in [0.05, 0.1) is 0 Å². The van der Waals surface area contributed by atoms with Crippen LogP contribution in [0.5, 0.6) is 5.75 Å². The Labute approximate surface area is 119 Å². The Bertz CT molecular complexity index is 494. The summed E-state index contributed by atoms with van der Waals surface area (Å²) in [5.41, 5.74) is -7.64. The van der Waals surface area contributed by atoms with Gasteiger partial charge in [0.15, 0.2) is 0 Å². The van der Waals surface area contributed by atoms with E-state index in [1.807, 2.05) is 0 Å².